The molecule has 0 unspecified atom stereocenters. The molecule has 0 aliphatic heterocycles. The number of pyridine rings is 2. The number of nitrogens with one attached hydrogen (secondary N) is 2. The number of carbonyl (C=O) groups excluding carboxylic acids is 1. The van der Waals surface area contributed by atoms with Crippen LogP contribution in [0.15, 0.2) is 71.8 Å². The Labute approximate surface area is 133 Å². The first-order valence-electron chi connectivity index (χ1n) is 7.19. The van der Waals surface area contributed by atoms with E-state index in [1.165, 1.54) is 6.07 Å². The SMILES string of the molecule is O=C(NCc1cccnc1)c1cc(-c2ccccc2)[nH]c(=O)c1. The number of amides is 1. The van der Waals surface area contributed by atoms with E-state index in [2.05, 4.69) is 15.3 Å². The molecule has 0 saturated heterocycles. The van der Waals surface area contributed by atoms with Gasteiger partial charge < -0.3 is 10.3 Å². The maximum atomic E-state index is 12.3. The first-order valence-corrected chi connectivity index (χ1v) is 7.19. The zero-order chi connectivity index (χ0) is 16.1. The van der Waals surface area contributed by atoms with Gasteiger partial charge in [-0.05, 0) is 23.3 Å². The lowest BCUT2D eigenvalue weighted by Crippen LogP contribution is -2.24. The summed E-state index contributed by atoms with van der Waals surface area (Å²) in [5.74, 6) is -0.294. The second kappa shape index (κ2) is 6.70. The summed E-state index contributed by atoms with van der Waals surface area (Å²) in [4.78, 5) is 30.8. The van der Waals surface area contributed by atoms with Crippen LogP contribution in [0.2, 0.25) is 0 Å². The van der Waals surface area contributed by atoms with Crippen molar-refractivity contribution in [1.82, 2.24) is 15.3 Å². The molecule has 0 atom stereocenters. The molecule has 0 radical (unpaired) electrons. The van der Waals surface area contributed by atoms with Gasteiger partial charge in [-0.2, -0.15) is 0 Å². The summed E-state index contributed by atoms with van der Waals surface area (Å²) >= 11 is 0. The van der Waals surface area contributed by atoms with E-state index in [-0.39, 0.29) is 11.5 Å². The summed E-state index contributed by atoms with van der Waals surface area (Å²) in [6, 6.07) is 16.1. The fraction of sp³-hybridized carbons (Fsp3) is 0.0556. The highest BCUT2D eigenvalue weighted by molar-refractivity contribution is 5.95. The highest BCUT2D eigenvalue weighted by Crippen LogP contribution is 2.15. The average Bonchev–Trinajstić information content (AvgIpc) is 2.61. The molecule has 114 valence electrons. The highest BCUT2D eigenvalue weighted by atomic mass is 16.2. The average molecular weight is 305 g/mol. The van der Waals surface area contributed by atoms with Crippen molar-refractivity contribution < 1.29 is 4.79 Å². The van der Waals surface area contributed by atoms with Gasteiger partial charge in [0.15, 0.2) is 0 Å². The fourth-order valence-electron chi connectivity index (χ4n) is 2.23. The first-order chi connectivity index (χ1) is 11.2. The predicted molar refractivity (Wildman–Crippen MR) is 87.9 cm³/mol. The minimum atomic E-state index is -0.308. The zero-order valence-electron chi connectivity index (χ0n) is 12.3. The third-order valence-corrected chi connectivity index (χ3v) is 3.37. The topological polar surface area (TPSA) is 74.8 Å². The fourth-order valence-corrected chi connectivity index (χ4v) is 2.23. The Morgan fingerprint density at radius 1 is 1.09 bits per heavy atom. The van der Waals surface area contributed by atoms with Gasteiger partial charge in [-0.1, -0.05) is 36.4 Å². The van der Waals surface area contributed by atoms with E-state index in [9.17, 15) is 9.59 Å². The Kier molecular flexibility index (Phi) is 4.29. The van der Waals surface area contributed by atoms with Gasteiger partial charge in [0.25, 0.3) is 5.91 Å². The second-order valence-corrected chi connectivity index (χ2v) is 5.06. The molecule has 2 heterocycles. The highest BCUT2D eigenvalue weighted by Gasteiger charge is 2.09. The van der Waals surface area contributed by atoms with E-state index < -0.39 is 0 Å². The van der Waals surface area contributed by atoms with Crippen molar-refractivity contribution in [3.8, 4) is 11.3 Å². The second-order valence-electron chi connectivity index (χ2n) is 5.06. The van der Waals surface area contributed by atoms with Crippen molar-refractivity contribution in [2.75, 3.05) is 0 Å². The van der Waals surface area contributed by atoms with Crippen molar-refractivity contribution in [3.05, 3.63) is 88.5 Å². The van der Waals surface area contributed by atoms with Crippen LogP contribution in [0.1, 0.15) is 15.9 Å². The molecular formula is C18H15N3O2. The molecule has 3 aromatic rings. The van der Waals surface area contributed by atoms with Gasteiger partial charge in [0, 0.05) is 36.3 Å². The van der Waals surface area contributed by atoms with Crippen LogP contribution in [0.3, 0.4) is 0 Å². The van der Waals surface area contributed by atoms with Crippen LogP contribution in [0.25, 0.3) is 11.3 Å². The van der Waals surface area contributed by atoms with Gasteiger partial charge in [-0.15, -0.1) is 0 Å². The lowest BCUT2D eigenvalue weighted by molar-refractivity contribution is 0.0950. The molecule has 0 aliphatic rings. The van der Waals surface area contributed by atoms with Gasteiger partial charge in [-0.3, -0.25) is 14.6 Å². The minimum absolute atomic E-state index is 0.294. The molecule has 1 aromatic carbocycles. The molecule has 0 bridgehead atoms. The molecule has 23 heavy (non-hydrogen) atoms. The molecule has 1 amide bonds. The van der Waals surface area contributed by atoms with E-state index in [1.807, 2.05) is 42.5 Å². The number of carbonyl (C=O) groups is 1. The summed E-state index contributed by atoms with van der Waals surface area (Å²) in [5.41, 5.74) is 2.39. The molecule has 5 nitrogen and oxygen atoms in total. The van der Waals surface area contributed by atoms with Gasteiger partial charge in [0.1, 0.15) is 0 Å². The van der Waals surface area contributed by atoms with E-state index in [4.69, 9.17) is 0 Å². The maximum Gasteiger partial charge on any atom is 0.251 e. The largest absolute Gasteiger partial charge is 0.348 e. The summed E-state index contributed by atoms with van der Waals surface area (Å²) in [5, 5.41) is 2.79. The maximum absolute atomic E-state index is 12.3. The van der Waals surface area contributed by atoms with Crippen LogP contribution in [-0.4, -0.2) is 15.9 Å². The Morgan fingerprint density at radius 2 is 1.91 bits per heavy atom. The number of nitrogens with zero attached hydrogens (tertiary/aromatic N) is 1. The van der Waals surface area contributed by atoms with Crippen molar-refractivity contribution in [3.63, 3.8) is 0 Å². The summed E-state index contributed by atoms with van der Waals surface area (Å²) in [6.45, 7) is 0.361. The van der Waals surface area contributed by atoms with E-state index >= 15 is 0 Å². The number of aromatic amines is 1. The molecule has 2 N–H and O–H groups in total. The number of benzene rings is 1. The molecule has 0 aliphatic carbocycles. The molecule has 0 spiro atoms. The molecule has 3 rings (SSSR count). The third kappa shape index (κ3) is 3.71. The van der Waals surface area contributed by atoms with Gasteiger partial charge in [0.2, 0.25) is 5.56 Å². The zero-order valence-corrected chi connectivity index (χ0v) is 12.3. The molecule has 0 saturated carbocycles. The van der Waals surface area contributed by atoms with Gasteiger partial charge in [-0.25, -0.2) is 0 Å². The summed E-state index contributed by atoms with van der Waals surface area (Å²) in [6.07, 6.45) is 3.36. The molecule has 0 fully saturated rings. The predicted octanol–water partition coefficient (Wildman–Crippen LogP) is 2.37. The Bertz CT molecular complexity index is 858. The normalized spacial score (nSPS) is 10.3. The van der Waals surface area contributed by atoms with Crippen molar-refractivity contribution in [2.45, 2.75) is 6.54 Å². The quantitative estimate of drug-likeness (QED) is 0.777. The number of rotatable bonds is 4. The van der Waals surface area contributed by atoms with Crippen LogP contribution < -0.4 is 10.9 Å². The first kappa shape index (κ1) is 14.7. The Balaban J connectivity index is 1.81. The van der Waals surface area contributed by atoms with Crippen LogP contribution in [0.5, 0.6) is 0 Å². The standard InChI is InChI=1S/C18H15N3O2/c22-17-10-15(9-16(21-17)14-6-2-1-3-7-14)18(23)20-12-13-5-4-8-19-11-13/h1-11H,12H2,(H,20,23)(H,21,22). The van der Waals surface area contributed by atoms with Crippen molar-refractivity contribution in [2.24, 2.45) is 0 Å². The number of hydrogen-bond acceptors (Lipinski definition) is 3. The van der Waals surface area contributed by atoms with Crippen molar-refractivity contribution in [1.29, 1.82) is 0 Å². The van der Waals surface area contributed by atoms with Crippen LogP contribution >= 0.6 is 0 Å². The van der Waals surface area contributed by atoms with E-state index in [0.29, 0.717) is 17.8 Å². The monoisotopic (exact) mass is 305 g/mol. The van der Waals surface area contributed by atoms with Crippen molar-refractivity contribution >= 4 is 5.91 Å². The number of aromatic nitrogens is 2. The Morgan fingerprint density at radius 3 is 2.65 bits per heavy atom. The smallest absolute Gasteiger partial charge is 0.251 e. The van der Waals surface area contributed by atoms with E-state index in [0.717, 1.165) is 11.1 Å². The molecule has 2 aromatic heterocycles. The molecular weight excluding hydrogens is 290 g/mol. The summed E-state index contributed by atoms with van der Waals surface area (Å²) in [7, 11) is 0. The summed E-state index contributed by atoms with van der Waals surface area (Å²) < 4.78 is 0. The van der Waals surface area contributed by atoms with Gasteiger partial charge >= 0.3 is 0 Å². The van der Waals surface area contributed by atoms with Crippen LogP contribution in [0.4, 0.5) is 0 Å². The molecule has 5 heteroatoms. The third-order valence-electron chi connectivity index (χ3n) is 3.37. The van der Waals surface area contributed by atoms with Crippen LogP contribution in [-0.2, 0) is 6.54 Å². The lowest BCUT2D eigenvalue weighted by Gasteiger charge is -2.07. The lowest BCUT2D eigenvalue weighted by atomic mass is 10.1. The number of H-pyrrole nitrogens is 1. The minimum Gasteiger partial charge on any atom is -0.348 e. The van der Waals surface area contributed by atoms with E-state index in [1.54, 1.807) is 18.5 Å². The number of hydrogen-bond donors (Lipinski definition) is 2. The Hall–Kier alpha value is -3.21. The van der Waals surface area contributed by atoms with Gasteiger partial charge in [0.05, 0.1) is 0 Å². The van der Waals surface area contributed by atoms with Crippen LogP contribution in [0, 0.1) is 0 Å².